The number of thioether (sulfide) groups is 1. The average Bonchev–Trinajstić information content (AvgIpc) is 2.83. The van der Waals surface area contributed by atoms with E-state index in [0.29, 0.717) is 0 Å². The smallest absolute Gasteiger partial charge is 0.264 e. The summed E-state index contributed by atoms with van der Waals surface area (Å²) >= 11 is 14.2. The Hall–Kier alpha value is -2.72. The monoisotopic (exact) mass is 549 g/mol. The van der Waals surface area contributed by atoms with Gasteiger partial charge in [-0.2, -0.15) is 16.9 Å². The number of rotatable bonds is 9. The summed E-state index contributed by atoms with van der Waals surface area (Å²) in [4.78, 5) is 12.7. The highest BCUT2D eigenvalue weighted by atomic mass is 35.5. The van der Waals surface area contributed by atoms with Crippen molar-refractivity contribution in [3.63, 3.8) is 0 Å². The van der Waals surface area contributed by atoms with Crippen LogP contribution in [-0.4, -0.2) is 44.7 Å². The van der Waals surface area contributed by atoms with E-state index in [0.717, 1.165) is 27.1 Å². The van der Waals surface area contributed by atoms with Crippen LogP contribution in [0.15, 0.2) is 82.8 Å². The second kappa shape index (κ2) is 11.3. The Morgan fingerprint density at radius 1 is 1.06 bits per heavy atom. The molecule has 1 saturated heterocycles. The molecule has 0 saturated carbocycles. The molecule has 1 fully saturated rings. The number of carbonyl (C=O) groups excluding carboxylic acids is 1. The minimum Gasteiger partial charge on any atom is -0.489 e. The van der Waals surface area contributed by atoms with Gasteiger partial charge in [-0.3, -0.25) is 9.10 Å². The summed E-state index contributed by atoms with van der Waals surface area (Å²) in [5, 5.41) is 4.14. The maximum absolute atomic E-state index is 13.4. The second-order valence-electron chi connectivity index (χ2n) is 7.54. The number of carbonyl (C=O) groups is 1. The molecule has 0 atom stereocenters. The summed E-state index contributed by atoms with van der Waals surface area (Å²) in [6.07, 6.45) is 1.71. The first-order chi connectivity index (χ1) is 16.8. The average molecular weight is 550 g/mol. The van der Waals surface area contributed by atoms with Crippen LogP contribution in [0.4, 0.5) is 5.69 Å². The zero-order valence-electron chi connectivity index (χ0n) is 18.3. The Morgan fingerprint density at radius 3 is 2.43 bits per heavy atom. The fraction of sp³-hybridized carbons (Fsp3) is 0.167. The number of hydrazone groups is 1. The molecule has 182 valence electrons. The van der Waals surface area contributed by atoms with Crippen molar-refractivity contribution in [1.82, 2.24) is 5.43 Å². The number of amides is 1. The van der Waals surface area contributed by atoms with Crippen molar-refractivity contribution < 1.29 is 17.9 Å². The lowest BCUT2D eigenvalue weighted by Gasteiger charge is -2.25. The number of nitrogens with one attached hydrogen (secondary N) is 1. The predicted octanol–water partition coefficient (Wildman–Crippen LogP) is 4.83. The van der Waals surface area contributed by atoms with E-state index in [1.54, 1.807) is 24.3 Å². The van der Waals surface area contributed by atoms with Crippen LogP contribution in [0.3, 0.4) is 0 Å². The third-order valence-electron chi connectivity index (χ3n) is 5.01. The van der Waals surface area contributed by atoms with E-state index in [1.807, 2.05) is 36.0 Å². The zero-order chi connectivity index (χ0) is 24.8. The fourth-order valence-electron chi connectivity index (χ4n) is 3.16. The van der Waals surface area contributed by atoms with E-state index in [1.165, 1.54) is 30.5 Å². The molecular weight excluding hydrogens is 529 g/mol. The Labute approximate surface area is 218 Å². The van der Waals surface area contributed by atoms with E-state index in [9.17, 15) is 13.2 Å². The molecule has 1 aliphatic rings. The highest BCUT2D eigenvalue weighted by Gasteiger charge is 2.29. The summed E-state index contributed by atoms with van der Waals surface area (Å²) < 4.78 is 33.4. The van der Waals surface area contributed by atoms with Crippen LogP contribution in [-0.2, 0) is 14.8 Å². The van der Waals surface area contributed by atoms with Gasteiger partial charge < -0.3 is 4.74 Å². The highest BCUT2D eigenvalue weighted by molar-refractivity contribution is 8.00. The van der Waals surface area contributed by atoms with E-state index in [4.69, 9.17) is 27.9 Å². The number of hydrogen-bond donors (Lipinski definition) is 1. The molecule has 11 heteroatoms. The lowest BCUT2D eigenvalue weighted by molar-refractivity contribution is -0.119. The van der Waals surface area contributed by atoms with Gasteiger partial charge in [0.25, 0.3) is 15.9 Å². The summed E-state index contributed by atoms with van der Waals surface area (Å²) in [7, 11) is -4.12. The molecule has 0 spiro atoms. The third kappa shape index (κ3) is 6.29. The van der Waals surface area contributed by atoms with Crippen molar-refractivity contribution in [2.45, 2.75) is 11.0 Å². The standard InChI is InChI=1S/C24H21Cl2N3O4S2/c25-21-7-4-8-22(24(21)26)29(35(31,32)20-5-2-1-3-6-20)14-23(30)28-27-13-17-9-11-18(12-10-17)33-19-15-34-16-19/h1-13,19H,14-16H2,(H,28,30)/b27-13-. The number of anilines is 1. The number of sulfonamides is 1. The molecular formula is C24H21Cl2N3O4S2. The summed E-state index contributed by atoms with van der Waals surface area (Å²) in [5.74, 6) is 2.11. The van der Waals surface area contributed by atoms with Gasteiger partial charge in [0.1, 0.15) is 18.4 Å². The van der Waals surface area contributed by atoms with Crippen LogP contribution < -0.4 is 14.5 Å². The Morgan fingerprint density at radius 2 is 1.77 bits per heavy atom. The van der Waals surface area contributed by atoms with Gasteiger partial charge in [0.15, 0.2) is 0 Å². The van der Waals surface area contributed by atoms with Crippen LogP contribution in [0.1, 0.15) is 5.56 Å². The molecule has 3 aromatic rings. The SMILES string of the molecule is O=C(CN(c1cccc(Cl)c1Cl)S(=O)(=O)c1ccccc1)N/N=C\c1ccc(OC2CSC2)cc1. The van der Waals surface area contributed by atoms with E-state index in [-0.39, 0.29) is 26.7 Å². The van der Waals surface area contributed by atoms with E-state index >= 15 is 0 Å². The first-order valence-corrected chi connectivity index (χ1v) is 13.9. The lowest BCUT2D eigenvalue weighted by Crippen LogP contribution is -2.39. The Balaban J connectivity index is 1.47. The maximum atomic E-state index is 13.4. The van der Waals surface area contributed by atoms with Crippen LogP contribution >= 0.6 is 35.0 Å². The van der Waals surface area contributed by atoms with Crippen LogP contribution in [0.2, 0.25) is 10.0 Å². The van der Waals surface area contributed by atoms with Crippen LogP contribution in [0, 0.1) is 0 Å². The highest BCUT2D eigenvalue weighted by Crippen LogP contribution is 2.35. The van der Waals surface area contributed by atoms with Crippen LogP contribution in [0.25, 0.3) is 0 Å². The number of nitrogens with zero attached hydrogens (tertiary/aromatic N) is 2. The van der Waals surface area contributed by atoms with Crippen molar-refractivity contribution in [3.8, 4) is 5.75 Å². The molecule has 0 aliphatic carbocycles. The van der Waals surface area contributed by atoms with E-state index < -0.39 is 22.5 Å². The Bertz CT molecular complexity index is 1320. The van der Waals surface area contributed by atoms with E-state index in [2.05, 4.69) is 10.5 Å². The molecule has 1 amide bonds. The molecule has 1 N–H and O–H groups in total. The molecule has 0 aromatic heterocycles. The maximum Gasteiger partial charge on any atom is 0.264 e. The molecule has 7 nitrogen and oxygen atoms in total. The van der Waals surface area contributed by atoms with Crippen molar-refractivity contribution in [2.75, 3.05) is 22.4 Å². The van der Waals surface area contributed by atoms with Gasteiger partial charge in [0.05, 0.1) is 26.8 Å². The lowest BCUT2D eigenvalue weighted by atomic mass is 10.2. The van der Waals surface area contributed by atoms with Crippen molar-refractivity contribution in [3.05, 3.63) is 88.4 Å². The molecule has 3 aromatic carbocycles. The Kier molecular flexibility index (Phi) is 8.22. The number of halogens is 2. The first-order valence-electron chi connectivity index (χ1n) is 10.5. The number of ether oxygens (including phenoxy) is 1. The largest absolute Gasteiger partial charge is 0.489 e. The molecule has 1 heterocycles. The van der Waals surface area contributed by atoms with Crippen molar-refractivity contribution >= 4 is 62.8 Å². The molecule has 0 bridgehead atoms. The topological polar surface area (TPSA) is 88.1 Å². The third-order valence-corrected chi connectivity index (χ3v) is 8.81. The summed E-state index contributed by atoms with van der Waals surface area (Å²) in [5.41, 5.74) is 3.20. The van der Waals surface area contributed by atoms with Gasteiger partial charge in [-0.05, 0) is 54.1 Å². The van der Waals surface area contributed by atoms with Crippen molar-refractivity contribution in [1.29, 1.82) is 0 Å². The van der Waals surface area contributed by atoms with Gasteiger partial charge in [0, 0.05) is 11.5 Å². The molecule has 1 aliphatic heterocycles. The molecule has 35 heavy (non-hydrogen) atoms. The van der Waals surface area contributed by atoms with Gasteiger partial charge in [-0.25, -0.2) is 13.8 Å². The van der Waals surface area contributed by atoms with Gasteiger partial charge >= 0.3 is 0 Å². The number of hydrogen-bond acceptors (Lipinski definition) is 6. The normalized spacial score (nSPS) is 13.9. The second-order valence-corrected chi connectivity index (χ2v) is 11.3. The van der Waals surface area contributed by atoms with Gasteiger partial charge in [0.2, 0.25) is 0 Å². The summed E-state index contributed by atoms with van der Waals surface area (Å²) in [6, 6.07) is 19.6. The number of benzene rings is 3. The summed E-state index contributed by atoms with van der Waals surface area (Å²) in [6.45, 7) is -0.555. The van der Waals surface area contributed by atoms with Crippen molar-refractivity contribution in [2.24, 2.45) is 5.10 Å². The zero-order valence-corrected chi connectivity index (χ0v) is 21.4. The molecule has 4 rings (SSSR count). The predicted molar refractivity (Wildman–Crippen MR) is 141 cm³/mol. The molecule has 0 radical (unpaired) electrons. The van der Waals surface area contributed by atoms with Gasteiger partial charge in [-0.15, -0.1) is 0 Å². The quantitative estimate of drug-likeness (QED) is 0.305. The first kappa shape index (κ1) is 25.4. The minimum absolute atomic E-state index is 0.00940. The van der Waals surface area contributed by atoms with Crippen LogP contribution in [0.5, 0.6) is 5.75 Å². The minimum atomic E-state index is -4.12. The van der Waals surface area contributed by atoms with Gasteiger partial charge in [-0.1, -0.05) is 47.5 Å². The fourth-order valence-corrected chi connectivity index (χ4v) is 5.62. The molecule has 0 unspecified atom stereocenters.